The van der Waals surface area contributed by atoms with Crippen molar-refractivity contribution >= 4 is 23.2 Å². The van der Waals surface area contributed by atoms with Gasteiger partial charge in [0.1, 0.15) is 0 Å². The van der Waals surface area contributed by atoms with Gasteiger partial charge >= 0.3 is 0 Å². The van der Waals surface area contributed by atoms with E-state index >= 15 is 0 Å². The fourth-order valence-electron chi connectivity index (χ4n) is 3.83. The van der Waals surface area contributed by atoms with E-state index in [2.05, 4.69) is 39.8 Å². The summed E-state index contributed by atoms with van der Waals surface area (Å²) in [5.74, 6) is 0. The number of hydrogen-bond acceptors (Lipinski definition) is 0. The monoisotopic (exact) mass is 352 g/mol. The van der Waals surface area contributed by atoms with Crippen molar-refractivity contribution in [3.8, 4) is 0 Å². The molecule has 0 unspecified atom stereocenters. The number of halogens is 2. The highest BCUT2D eigenvalue weighted by molar-refractivity contribution is 6.31. The fraction of sp³-hybridized carbons (Fsp3) is 0.619. The van der Waals surface area contributed by atoms with Gasteiger partial charge in [-0.2, -0.15) is 0 Å². The van der Waals surface area contributed by atoms with Gasteiger partial charge in [-0.05, 0) is 48.0 Å². The Bertz CT molecular complexity index is 521. The predicted octanol–water partition coefficient (Wildman–Crippen LogP) is 8.04. The van der Waals surface area contributed by atoms with Crippen LogP contribution < -0.4 is 0 Å². The van der Waals surface area contributed by atoms with Crippen LogP contribution in [0, 0.1) is 5.41 Å². The Morgan fingerprint density at radius 1 is 0.826 bits per heavy atom. The highest BCUT2D eigenvalue weighted by atomic mass is 35.5. The lowest BCUT2D eigenvalue weighted by molar-refractivity contribution is 0.540. The summed E-state index contributed by atoms with van der Waals surface area (Å²) in [6.45, 7) is 9.16. The maximum absolute atomic E-state index is 6.54. The van der Waals surface area contributed by atoms with Gasteiger partial charge in [0.05, 0.1) is 0 Å². The second-order valence-corrected chi connectivity index (χ2v) is 8.16. The first kappa shape index (κ1) is 18.9. The van der Waals surface area contributed by atoms with Gasteiger partial charge in [-0.1, -0.05) is 75.9 Å². The smallest absolute Gasteiger partial charge is 0.0253 e. The first-order valence-electron chi connectivity index (χ1n) is 9.10. The van der Waals surface area contributed by atoms with Crippen LogP contribution in [0.25, 0.3) is 0 Å². The summed E-state index contributed by atoms with van der Waals surface area (Å²) in [7, 11) is 0. The van der Waals surface area contributed by atoms with Crippen LogP contribution in [0.5, 0.6) is 0 Å². The maximum atomic E-state index is 6.54. The number of rotatable bonds is 8. The lowest BCUT2D eigenvalue weighted by Crippen LogP contribution is -2.20. The van der Waals surface area contributed by atoms with Crippen molar-refractivity contribution in [2.75, 3.05) is 0 Å². The van der Waals surface area contributed by atoms with Crippen molar-refractivity contribution in [2.24, 2.45) is 5.41 Å². The van der Waals surface area contributed by atoms with E-state index < -0.39 is 0 Å². The van der Waals surface area contributed by atoms with Crippen LogP contribution in [0.15, 0.2) is 44.5 Å². The third kappa shape index (κ3) is 3.97. The molecule has 0 atom stereocenters. The summed E-state index contributed by atoms with van der Waals surface area (Å²) in [6, 6.07) is 0. The minimum Gasteiger partial charge on any atom is -0.0885 e. The molecule has 2 aliphatic rings. The van der Waals surface area contributed by atoms with Crippen molar-refractivity contribution in [3.63, 3.8) is 0 Å². The lowest BCUT2D eigenvalue weighted by atomic mass is 9.72. The molecule has 2 aliphatic carbocycles. The van der Waals surface area contributed by atoms with E-state index in [1.165, 1.54) is 48.0 Å². The topological polar surface area (TPSA) is 0 Å². The van der Waals surface area contributed by atoms with E-state index in [-0.39, 0.29) is 5.41 Å². The molecule has 0 bridgehead atoms. The molecule has 0 aromatic carbocycles. The SMILES string of the molecule is CCCCC1=C(Cl)CC=C1C(C)(C)C1=CCC(Cl)=C1CCCC. The van der Waals surface area contributed by atoms with Crippen LogP contribution in [0.3, 0.4) is 0 Å². The Balaban J connectivity index is 2.28. The van der Waals surface area contributed by atoms with Crippen molar-refractivity contribution in [1.29, 1.82) is 0 Å². The van der Waals surface area contributed by atoms with Crippen LogP contribution in [0.1, 0.15) is 79.1 Å². The molecule has 0 aliphatic heterocycles. The number of allylic oxidation sites excluding steroid dienone is 8. The molecule has 0 heterocycles. The number of hydrogen-bond donors (Lipinski definition) is 0. The number of unbranched alkanes of at least 4 members (excludes halogenated alkanes) is 2. The summed E-state index contributed by atoms with van der Waals surface area (Å²) < 4.78 is 0. The van der Waals surface area contributed by atoms with Crippen molar-refractivity contribution in [1.82, 2.24) is 0 Å². The van der Waals surface area contributed by atoms with Crippen LogP contribution in [0.2, 0.25) is 0 Å². The van der Waals surface area contributed by atoms with Crippen molar-refractivity contribution in [2.45, 2.75) is 79.1 Å². The highest BCUT2D eigenvalue weighted by Crippen LogP contribution is 2.51. The van der Waals surface area contributed by atoms with Crippen molar-refractivity contribution < 1.29 is 0 Å². The zero-order valence-corrected chi connectivity index (χ0v) is 16.6. The van der Waals surface area contributed by atoms with Gasteiger partial charge in [-0.15, -0.1) is 0 Å². The second kappa shape index (κ2) is 8.08. The van der Waals surface area contributed by atoms with E-state index in [0.29, 0.717) is 0 Å². The molecular formula is C21H30Cl2. The molecule has 0 radical (unpaired) electrons. The quantitative estimate of drug-likeness (QED) is 0.414. The summed E-state index contributed by atoms with van der Waals surface area (Å²) in [5, 5.41) is 2.09. The van der Waals surface area contributed by atoms with Crippen LogP contribution in [-0.4, -0.2) is 0 Å². The van der Waals surface area contributed by atoms with Crippen molar-refractivity contribution in [3.05, 3.63) is 44.5 Å². The predicted molar refractivity (Wildman–Crippen MR) is 104 cm³/mol. The largest absolute Gasteiger partial charge is 0.0885 e. The zero-order valence-electron chi connectivity index (χ0n) is 15.1. The molecule has 2 heteroatoms. The Hall–Kier alpha value is -0.460. The summed E-state index contributed by atoms with van der Waals surface area (Å²) in [4.78, 5) is 0. The van der Waals surface area contributed by atoms with Gasteiger partial charge in [0.15, 0.2) is 0 Å². The molecule has 0 saturated carbocycles. The van der Waals surface area contributed by atoms with Gasteiger partial charge in [-0.25, -0.2) is 0 Å². The third-order valence-corrected chi connectivity index (χ3v) is 5.95. The third-order valence-electron chi connectivity index (χ3n) is 5.18. The molecule has 0 fully saturated rings. The molecule has 2 rings (SSSR count). The van der Waals surface area contributed by atoms with Gasteiger partial charge < -0.3 is 0 Å². The normalized spacial score (nSPS) is 18.9. The van der Waals surface area contributed by atoms with E-state index in [4.69, 9.17) is 23.2 Å². The lowest BCUT2D eigenvalue weighted by Gasteiger charge is -2.32. The summed E-state index contributed by atoms with van der Waals surface area (Å²) >= 11 is 13.1. The average Bonchev–Trinajstić information content (AvgIpc) is 3.07. The molecule has 0 spiro atoms. The molecule has 0 aromatic heterocycles. The Labute approximate surface area is 152 Å². The molecule has 0 amide bonds. The molecular weight excluding hydrogens is 323 g/mol. The van der Waals surface area contributed by atoms with Gasteiger partial charge in [0.25, 0.3) is 0 Å². The first-order valence-corrected chi connectivity index (χ1v) is 9.86. The minimum atomic E-state index is -0.000566. The van der Waals surface area contributed by atoms with E-state index in [1.54, 1.807) is 0 Å². The highest BCUT2D eigenvalue weighted by Gasteiger charge is 2.36. The van der Waals surface area contributed by atoms with E-state index in [1.807, 2.05) is 0 Å². The van der Waals surface area contributed by atoms with Crippen LogP contribution >= 0.6 is 23.2 Å². The Morgan fingerprint density at radius 3 is 1.57 bits per heavy atom. The average molecular weight is 353 g/mol. The minimum absolute atomic E-state index is 0.000566. The molecule has 0 N–H and O–H groups in total. The molecule has 0 saturated heterocycles. The molecule has 128 valence electrons. The maximum Gasteiger partial charge on any atom is 0.0253 e. The summed E-state index contributed by atoms with van der Waals surface area (Å²) in [5.41, 5.74) is 5.64. The van der Waals surface area contributed by atoms with Crippen LogP contribution in [0.4, 0.5) is 0 Å². The zero-order chi connectivity index (χ0) is 17.0. The second-order valence-electron chi connectivity index (χ2n) is 7.24. The standard InChI is InChI=1S/C21H30Cl2/c1-5-7-9-15-17(11-13-19(15)22)21(3,4)18-12-14-20(23)16(18)10-8-6-2/h11-12H,5-10,13-14H2,1-4H3. The molecule has 0 nitrogen and oxygen atoms in total. The van der Waals surface area contributed by atoms with Gasteiger partial charge in [-0.3, -0.25) is 0 Å². The fourth-order valence-corrected chi connectivity index (χ4v) is 4.37. The van der Waals surface area contributed by atoms with Gasteiger partial charge in [0.2, 0.25) is 0 Å². The molecule has 0 aromatic rings. The van der Waals surface area contributed by atoms with E-state index in [0.717, 1.165) is 35.7 Å². The first-order chi connectivity index (χ1) is 10.9. The Morgan fingerprint density at radius 2 is 1.22 bits per heavy atom. The Kier molecular flexibility index (Phi) is 6.63. The summed E-state index contributed by atoms with van der Waals surface area (Å²) in [6.07, 6.45) is 13.5. The van der Waals surface area contributed by atoms with Crippen LogP contribution in [-0.2, 0) is 0 Å². The van der Waals surface area contributed by atoms with E-state index in [9.17, 15) is 0 Å². The van der Waals surface area contributed by atoms with Gasteiger partial charge in [0, 0.05) is 28.3 Å². The molecule has 23 heavy (non-hydrogen) atoms.